The Kier molecular flexibility index (Phi) is 6.44. The Morgan fingerprint density at radius 2 is 1.17 bits per heavy atom. The van der Waals surface area contributed by atoms with Gasteiger partial charge in [0, 0.05) is 11.4 Å². The Bertz CT molecular complexity index is 790. The Hall–Kier alpha value is -2.89. The molecule has 2 N–H and O–H groups in total. The van der Waals surface area contributed by atoms with E-state index < -0.39 is 0 Å². The summed E-state index contributed by atoms with van der Waals surface area (Å²) in [7, 11) is 3.34. The maximum absolute atomic E-state index is 5.27. The summed E-state index contributed by atoms with van der Waals surface area (Å²) in [6.45, 7) is 9.04. The average Bonchev–Trinajstić information content (AvgIpc) is 2.71. The van der Waals surface area contributed by atoms with Gasteiger partial charge in [-0.3, -0.25) is 5.01 Å². The van der Waals surface area contributed by atoms with Crippen molar-refractivity contribution in [2.24, 2.45) is 5.10 Å². The SMILES string of the molecule is COc1ccc(NC(=NN2C(C)(C)CCCC2(C)C)Nc2ccc(OC)cc2)cc1. The van der Waals surface area contributed by atoms with Crippen molar-refractivity contribution in [1.82, 2.24) is 5.01 Å². The zero-order chi connectivity index (χ0) is 21.8. The second-order valence-corrected chi connectivity index (χ2v) is 8.95. The van der Waals surface area contributed by atoms with Gasteiger partial charge in [0.2, 0.25) is 5.96 Å². The van der Waals surface area contributed by atoms with E-state index in [1.54, 1.807) is 14.2 Å². The minimum absolute atomic E-state index is 0.0316. The van der Waals surface area contributed by atoms with E-state index in [1.807, 2.05) is 48.5 Å². The minimum Gasteiger partial charge on any atom is -0.497 e. The lowest BCUT2D eigenvalue weighted by atomic mass is 9.82. The van der Waals surface area contributed by atoms with Gasteiger partial charge in [-0.1, -0.05) is 0 Å². The van der Waals surface area contributed by atoms with Crippen molar-refractivity contribution < 1.29 is 9.47 Å². The summed E-state index contributed by atoms with van der Waals surface area (Å²) in [5.41, 5.74) is 1.80. The fourth-order valence-electron chi connectivity index (χ4n) is 4.06. The maximum Gasteiger partial charge on any atom is 0.222 e. The number of benzene rings is 2. The normalized spacial score (nSPS) is 17.1. The molecule has 1 heterocycles. The molecule has 162 valence electrons. The standard InChI is InChI=1S/C24H34N4O2/c1-23(2)16-7-17-24(3,4)28(23)27-22(25-18-8-12-20(29-5)13-9-18)26-19-10-14-21(30-6)15-11-19/h8-15H,7,16-17H2,1-6H3,(H2,25,26,27). The van der Waals surface area contributed by atoms with Gasteiger partial charge in [0.25, 0.3) is 0 Å². The van der Waals surface area contributed by atoms with Gasteiger partial charge in [-0.25, -0.2) is 0 Å². The molecule has 0 spiro atoms. The van der Waals surface area contributed by atoms with E-state index >= 15 is 0 Å². The number of hydrazone groups is 1. The molecular weight excluding hydrogens is 376 g/mol. The van der Waals surface area contributed by atoms with Crippen LogP contribution in [0.25, 0.3) is 0 Å². The molecule has 0 aliphatic carbocycles. The molecule has 6 heteroatoms. The number of anilines is 2. The molecule has 1 fully saturated rings. The van der Waals surface area contributed by atoms with Crippen LogP contribution in [0.5, 0.6) is 11.5 Å². The summed E-state index contributed by atoms with van der Waals surface area (Å²) in [4.78, 5) is 0. The number of guanidine groups is 1. The highest BCUT2D eigenvalue weighted by Crippen LogP contribution is 2.38. The molecule has 30 heavy (non-hydrogen) atoms. The molecule has 2 aromatic carbocycles. The average molecular weight is 411 g/mol. The van der Waals surface area contributed by atoms with Crippen LogP contribution in [0.1, 0.15) is 47.0 Å². The Morgan fingerprint density at radius 1 is 0.767 bits per heavy atom. The largest absolute Gasteiger partial charge is 0.497 e. The zero-order valence-electron chi connectivity index (χ0n) is 19.0. The summed E-state index contributed by atoms with van der Waals surface area (Å²) < 4.78 is 10.5. The van der Waals surface area contributed by atoms with E-state index in [-0.39, 0.29) is 11.1 Å². The van der Waals surface area contributed by atoms with E-state index in [1.165, 1.54) is 6.42 Å². The maximum atomic E-state index is 5.27. The van der Waals surface area contributed by atoms with Gasteiger partial charge in [-0.15, -0.1) is 5.10 Å². The molecule has 6 nitrogen and oxygen atoms in total. The van der Waals surface area contributed by atoms with Crippen molar-refractivity contribution in [3.8, 4) is 11.5 Å². The molecule has 3 rings (SSSR count). The lowest BCUT2D eigenvalue weighted by Crippen LogP contribution is -2.56. The number of hydrogen-bond donors (Lipinski definition) is 2. The van der Waals surface area contributed by atoms with Gasteiger partial charge < -0.3 is 20.1 Å². The Balaban J connectivity index is 1.93. The van der Waals surface area contributed by atoms with Crippen LogP contribution in [0.3, 0.4) is 0 Å². The third kappa shape index (κ3) is 5.17. The second-order valence-electron chi connectivity index (χ2n) is 8.95. The molecule has 0 amide bonds. The van der Waals surface area contributed by atoms with Crippen molar-refractivity contribution in [3.05, 3.63) is 48.5 Å². The minimum atomic E-state index is -0.0316. The van der Waals surface area contributed by atoms with Crippen molar-refractivity contribution >= 4 is 17.3 Å². The highest BCUT2D eigenvalue weighted by molar-refractivity contribution is 6.03. The van der Waals surface area contributed by atoms with Crippen LogP contribution in [0.2, 0.25) is 0 Å². The van der Waals surface area contributed by atoms with Crippen LogP contribution in [0.4, 0.5) is 11.4 Å². The molecule has 0 saturated carbocycles. The summed E-state index contributed by atoms with van der Waals surface area (Å²) in [5, 5.41) is 14.2. The monoisotopic (exact) mass is 410 g/mol. The molecule has 2 aromatic rings. The lowest BCUT2D eigenvalue weighted by Gasteiger charge is -2.51. The number of hydrogen-bond acceptors (Lipinski definition) is 4. The molecule has 0 atom stereocenters. The number of nitrogens with zero attached hydrogens (tertiary/aromatic N) is 2. The number of nitrogens with one attached hydrogen (secondary N) is 2. The fraction of sp³-hybridized carbons (Fsp3) is 0.458. The molecule has 1 aliphatic heterocycles. The van der Waals surface area contributed by atoms with Gasteiger partial charge in [0.05, 0.1) is 25.3 Å². The molecule has 0 unspecified atom stereocenters. The van der Waals surface area contributed by atoms with Crippen LogP contribution < -0.4 is 20.1 Å². The third-order valence-electron chi connectivity index (χ3n) is 5.63. The van der Waals surface area contributed by atoms with Crippen LogP contribution in [0.15, 0.2) is 53.6 Å². The van der Waals surface area contributed by atoms with Gasteiger partial charge in [0.15, 0.2) is 0 Å². The summed E-state index contributed by atoms with van der Waals surface area (Å²) >= 11 is 0. The van der Waals surface area contributed by atoms with Crippen molar-refractivity contribution in [1.29, 1.82) is 0 Å². The predicted molar refractivity (Wildman–Crippen MR) is 125 cm³/mol. The van der Waals surface area contributed by atoms with Gasteiger partial charge >= 0.3 is 0 Å². The second kappa shape index (κ2) is 8.86. The van der Waals surface area contributed by atoms with Gasteiger partial charge in [-0.2, -0.15) is 0 Å². The van der Waals surface area contributed by atoms with Crippen LogP contribution >= 0.6 is 0 Å². The first-order valence-electron chi connectivity index (χ1n) is 10.4. The highest BCUT2D eigenvalue weighted by atomic mass is 16.5. The van der Waals surface area contributed by atoms with E-state index in [9.17, 15) is 0 Å². The van der Waals surface area contributed by atoms with Gasteiger partial charge in [0.1, 0.15) is 11.5 Å². The van der Waals surface area contributed by atoms with Crippen LogP contribution in [-0.4, -0.2) is 36.3 Å². The van der Waals surface area contributed by atoms with Gasteiger partial charge in [-0.05, 0) is 95.5 Å². The number of methoxy groups -OCH3 is 2. The van der Waals surface area contributed by atoms with Crippen molar-refractivity contribution in [2.45, 2.75) is 58.0 Å². The van der Waals surface area contributed by atoms with E-state index in [0.29, 0.717) is 5.96 Å². The lowest BCUT2D eigenvalue weighted by molar-refractivity contribution is -0.0246. The quantitative estimate of drug-likeness (QED) is 0.500. The Morgan fingerprint density at radius 3 is 1.53 bits per heavy atom. The van der Waals surface area contributed by atoms with E-state index in [4.69, 9.17) is 14.6 Å². The van der Waals surface area contributed by atoms with Crippen molar-refractivity contribution in [3.63, 3.8) is 0 Å². The molecule has 1 aliphatic rings. The van der Waals surface area contributed by atoms with E-state index in [0.717, 1.165) is 35.7 Å². The summed E-state index contributed by atoms with van der Waals surface area (Å²) in [5.74, 6) is 2.31. The topological polar surface area (TPSA) is 58.1 Å². The summed E-state index contributed by atoms with van der Waals surface area (Å²) in [6.07, 6.45) is 3.43. The number of rotatable bonds is 5. The third-order valence-corrected chi connectivity index (χ3v) is 5.63. The zero-order valence-corrected chi connectivity index (χ0v) is 19.0. The highest BCUT2D eigenvalue weighted by Gasteiger charge is 2.41. The summed E-state index contributed by atoms with van der Waals surface area (Å²) in [6, 6.07) is 15.7. The van der Waals surface area contributed by atoms with E-state index in [2.05, 4.69) is 43.3 Å². The number of piperidine rings is 1. The molecule has 0 bridgehead atoms. The molecule has 1 saturated heterocycles. The molecular formula is C24H34N4O2. The predicted octanol–water partition coefficient (Wildman–Crippen LogP) is 5.54. The molecule has 0 aromatic heterocycles. The fourth-order valence-corrected chi connectivity index (χ4v) is 4.06. The molecule has 0 radical (unpaired) electrons. The number of ether oxygens (including phenoxy) is 2. The first-order valence-corrected chi connectivity index (χ1v) is 10.4. The van der Waals surface area contributed by atoms with Crippen molar-refractivity contribution in [2.75, 3.05) is 24.9 Å². The first-order chi connectivity index (χ1) is 14.2. The van der Waals surface area contributed by atoms with Crippen LogP contribution in [-0.2, 0) is 0 Å². The smallest absolute Gasteiger partial charge is 0.222 e. The Labute approximate surface area is 180 Å². The first kappa shape index (κ1) is 21.8. The van der Waals surface area contributed by atoms with Crippen LogP contribution in [0, 0.1) is 0 Å².